The van der Waals surface area contributed by atoms with Crippen molar-refractivity contribution in [1.29, 1.82) is 0 Å². The molecule has 0 bridgehead atoms. The van der Waals surface area contributed by atoms with Gasteiger partial charge in [-0.1, -0.05) is 13.0 Å². The molecule has 1 saturated carbocycles. The first kappa shape index (κ1) is 17.4. The van der Waals surface area contributed by atoms with Crippen LogP contribution < -0.4 is 4.90 Å². The van der Waals surface area contributed by atoms with E-state index in [1.165, 1.54) is 55.1 Å². The van der Waals surface area contributed by atoms with Crippen molar-refractivity contribution in [1.82, 2.24) is 9.97 Å². The largest absolute Gasteiger partial charge is 0.507 e. The van der Waals surface area contributed by atoms with Gasteiger partial charge in [0.05, 0.1) is 11.1 Å². The van der Waals surface area contributed by atoms with Gasteiger partial charge in [0.15, 0.2) is 5.82 Å². The van der Waals surface area contributed by atoms with Crippen molar-refractivity contribution in [2.24, 2.45) is 5.92 Å². The summed E-state index contributed by atoms with van der Waals surface area (Å²) in [5.41, 5.74) is 3.39. The van der Waals surface area contributed by atoms with Crippen LogP contribution in [0.4, 0.5) is 10.1 Å². The number of phenolic OH excluding ortho intramolecular Hbond substituents is 1. The van der Waals surface area contributed by atoms with Gasteiger partial charge in [0.25, 0.3) is 0 Å². The number of piperidine rings is 1. The average Bonchev–Trinajstić information content (AvgIpc) is 3.53. The smallest absolute Gasteiger partial charge is 0.166 e. The second kappa shape index (κ2) is 6.73. The third-order valence-electron chi connectivity index (χ3n) is 6.09. The minimum absolute atomic E-state index is 0.0644. The molecule has 2 aliphatic rings. The summed E-state index contributed by atoms with van der Waals surface area (Å²) in [6, 6.07) is 8.69. The first-order valence-corrected chi connectivity index (χ1v) is 10.1. The lowest BCUT2D eigenvalue weighted by Gasteiger charge is -2.33. The molecule has 0 spiro atoms. The van der Waals surface area contributed by atoms with Crippen LogP contribution in [0.5, 0.6) is 5.75 Å². The highest BCUT2D eigenvalue weighted by Crippen LogP contribution is 2.43. The molecule has 0 unspecified atom stereocenters. The number of fused-ring (bicyclic) bond motifs is 1. The fourth-order valence-electron chi connectivity index (χ4n) is 4.16. The van der Waals surface area contributed by atoms with E-state index < -0.39 is 5.82 Å². The number of hydrogen-bond donors (Lipinski definition) is 1. The Morgan fingerprint density at radius 1 is 1.11 bits per heavy atom. The highest BCUT2D eigenvalue weighted by Gasteiger charge is 2.27. The van der Waals surface area contributed by atoms with Gasteiger partial charge in [0.1, 0.15) is 11.6 Å². The maximum absolute atomic E-state index is 14.3. The van der Waals surface area contributed by atoms with Gasteiger partial charge in [0.2, 0.25) is 0 Å². The Kier molecular flexibility index (Phi) is 4.18. The van der Waals surface area contributed by atoms with E-state index in [4.69, 9.17) is 0 Å². The number of phenols is 1. The van der Waals surface area contributed by atoms with E-state index in [0.29, 0.717) is 5.92 Å². The summed E-state index contributed by atoms with van der Waals surface area (Å²) in [6.45, 7) is 4.40. The molecule has 2 fully saturated rings. The van der Waals surface area contributed by atoms with Crippen molar-refractivity contribution in [3.8, 4) is 17.1 Å². The molecule has 1 aliphatic carbocycles. The fraction of sp³-hybridized carbons (Fsp3) is 0.391. The Balaban J connectivity index is 1.65. The zero-order valence-corrected chi connectivity index (χ0v) is 16.0. The van der Waals surface area contributed by atoms with E-state index in [2.05, 4.69) is 33.9 Å². The monoisotopic (exact) mass is 377 g/mol. The molecule has 1 aromatic heterocycles. The predicted molar refractivity (Wildman–Crippen MR) is 109 cm³/mol. The first-order chi connectivity index (χ1) is 13.6. The maximum atomic E-state index is 14.3. The van der Waals surface area contributed by atoms with Gasteiger partial charge in [0, 0.05) is 30.4 Å². The zero-order chi connectivity index (χ0) is 19.3. The number of benzene rings is 2. The quantitative estimate of drug-likeness (QED) is 0.677. The van der Waals surface area contributed by atoms with Crippen molar-refractivity contribution in [2.45, 2.75) is 38.5 Å². The summed E-state index contributed by atoms with van der Waals surface area (Å²) in [5.74, 6) is 0.952. The molecule has 3 aromatic rings. The highest BCUT2D eigenvalue weighted by molar-refractivity contribution is 5.93. The minimum atomic E-state index is -0.511. The van der Waals surface area contributed by atoms with Crippen LogP contribution in [0.3, 0.4) is 0 Å². The molecule has 1 N–H and O–H groups in total. The topological polar surface area (TPSA) is 49.2 Å². The van der Waals surface area contributed by atoms with Gasteiger partial charge < -0.3 is 10.0 Å². The van der Waals surface area contributed by atoms with Gasteiger partial charge in [-0.25, -0.2) is 14.4 Å². The number of rotatable bonds is 3. The Hall–Kier alpha value is -2.69. The normalized spacial score (nSPS) is 18.0. The van der Waals surface area contributed by atoms with E-state index in [1.54, 1.807) is 6.20 Å². The Morgan fingerprint density at radius 3 is 2.61 bits per heavy atom. The van der Waals surface area contributed by atoms with Gasteiger partial charge in [-0.05, 0) is 67.3 Å². The van der Waals surface area contributed by atoms with E-state index in [0.717, 1.165) is 29.9 Å². The van der Waals surface area contributed by atoms with Crippen molar-refractivity contribution in [3.05, 3.63) is 47.9 Å². The molecule has 4 nitrogen and oxygen atoms in total. The van der Waals surface area contributed by atoms with Crippen LogP contribution in [0.1, 0.15) is 44.1 Å². The highest BCUT2D eigenvalue weighted by atomic mass is 19.1. The van der Waals surface area contributed by atoms with Crippen LogP contribution in [-0.2, 0) is 0 Å². The van der Waals surface area contributed by atoms with Crippen molar-refractivity contribution >= 4 is 16.6 Å². The van der Waals surface area contributed by atoms with Gasteiger partial charge in [-0.2, -0.15) is 0 Å². The van der Waals surface area contributed by atoms with Crippen LogP contribution in [0.2, 0.25) is 0 Å². The lowest BCUT2D eigenvalue weighted by molar-refractivity contribution is 0.439. The van der Waals surface area contributed by atoms with Crippen molar-refractivity contribution in [3.63, 3.8) is 0 Å². The van der Waals surface area contributed by atoms with Crippen LogP contribution in [0.25, 0.3) is 22.3 Å². The molecule has 144 valence electrons. The molecule has 5 heteroatoms. The average molecular weight is 377 g/mol. The molecule has 5 rings (SSSR count). The van der Waals surface area contributed by atoms with E-state index >= 15 is 0 Å². The molecule has 0 amide bonds. The number of aromatic nitrogens is 2. The third kappa shape index (κ3) is 3.09. The third-order valence-corrected chi connectivity index (χ3v) is 6.09. The summed E-state index contributed by atoms with van der Waals surface area (Å²) in [5, 5.41) is 11.1. The molecule has 28 heavy (non-hydrogen) atoms. The molecule has 0 atom stereocenters. The summed E-state index contributed by atoms with van der Waals surface area (Å²) in [4.78, 5) is 11.5. The molecular formula is C23H24FN3O. The van der Waals surface area contributed by atoms with E-state index in [9.17, 15) is 9.50 Å². The van der Waals surface area contributed by atoms with Crippen molar-refractivity contribution in [2.75, 3.05) is 18.0 Å². The van der Waals surface area contributed by atoms with E-state index in [-0.39, 0.29) is 17.1 Å². The standard InChI is InChI=1S/C23H24FN3O/c1-14-7-9-27(10-8-14)20-12-16(15-5-6-15)11-19-17(20)13-25-23(26-19)22-18(24)3-2-4-21(22)28/h2-4,11-15,28H,5-10H2,1H3. The minimum Gasteiger partial charge on any atom is -0.507 e. The number of halogens is 1. The SMILES string of the molecule is CC1CCN(c2cc(C3CC3)cc3nc(-c4c(O)cccc4F)ncc23)CC1. The van der Waals surface area contributed by atoms with Gasteiger partial charge in [-0.15, -0.1) is 0 Å². The second-order valence-electron chi connectivity index (χ2n) is 8.24. The van der Waals surface area contributed by atoms with E-state index in [1.807, 2.05) is 0 Å². The number of aromatic hydroxyl groups is 1. The summed E-state index contributed by atoms with van der Waals surface area (Å²) in [6.07, 6.45) is 6.60. The first-order valence-electron chi connectivity index (χ1n) is 10.1. The van der Waals surface area contributed by atoms with Crippen LogP contribution in [0, 0.1) is 11.7 Å². The maximum Gasteiger partial charge on any atom is 0.166 e. The molecule has 1 saturated heterocycles. The number of anilines is 1. The fourth-order valence-corrected chi connectivity index (χ4v) is 4.16. The molecule has 2 heterocycles. The summed E-state index contributed by atoms with van der Waals surface area (Å²) < 4.78 is 14.3. The van der Waals surface area contributed by atoms with Crippen molar-refractivity contribution < 1.29 is 9.50 Å². The molecule has 0 radical (unpaired) electrons. The van der Waals surface area contributed by atoms with Crippen LogP contribution in [-0.4, -0.2) is 28.2 Å². The van der Waals surface area contributed by atoms with Gasteiger partial charge in [-0.3, -0.25) is 0 Å². The van der Waals surface area contributed by atoms with Crippen LogP contribution >= 0.6 is 0 Å². The lowest BCUT2D eigenvalue weighted by atomic mass is 9.97. The lowest BCUT2D eigenvalue weighted by Crippen LogP contribution is -2.33. The Labute approximate surface area is 164 Å². The predicted octanol–water partition coefficient (Wildman–Crippen LogP) is 5.26. The van der Waals surface area contributed by atoms with Gasteiger partial charge >= 0.3 is 0 Å². The molecule has 2 aromatic carbocycles. The zero-order valence-electron chi connectivity index (χ0n) is 16.0. The number of nitrogens with zero attached hydrogens (tertiary/aromatic N) is 3. The molecular weight excluding hydrogens is 353 g/mol. The molecule has 1 aliphatic heterocycles. The second-order valence-corrected chi connectivity index (χ2v) is 8.24. The van der Waals surface area contributed by atoms with Crippen LogP contribution in [0.15, 0.2) is 36.5 Å². The Bertz CT molecular complexity index is 1020. The number of hydrogen-bond acceptors (Lipinski definition) is 4. The summed E-state index contributed by atoms with van der Waals surface area (Å²) in [7, 11) is 0. The Morgan fingerprint density at radius 2 is 1.89 bits per heavy atom. The summed E-state index contributed by atoms with van der Waals surface area (Å²) >= 11 is 0.